The molecule has 0 unspecified atom stereocenters. The quantitative estimate of drug-likeness (QED) is 0.641. The average Bonchev–Trinajstić information content (AvgIpc) is 2.52. The van der Waals surface area contributed by atoms with Crippen LogP contribution in [0.2, 0.25) is 0 Å². The summed E-state index contributed by atoms with van der Waals surface area (Å²) < 4.78 is 11.0. The van der Waals surface area contributed by atoms with Crippen molar-refractivity contribution >= 4 is 27.6 Å². The molecular weight excluding hydrogens is 248 g/mol. The standard InChI is InChI=1S/C18H16O2/c1-4-12-6-5-7-15-14(12)10-8-13-9-11-16(19-2)18(20-3)17(13)15/h4-11H,1H2,2-3H3. The molecule has 0 saturated carbocycles. The Balaban J connectivity index is 2.54. The third-order valence-corrected chi connectivity index (χ3v) is 3.64. The van der Waals surface area contributed by atoms with E-state index in [2.05, 4.69) is 36.9 Å². The van der Waals surface area contributed by atoms with Crippen molar-refractivity contribution in [3.63, 3.8) is 0 Å². The SMILES string of the molecule is C=Cc1cccc2c1ccc1ccc(OC)c(OC)c12. The predicted octanol–water partition coefficient (Wildman–Crippen LogP) is 4.65. The van der Waals surface area contributed by atoms with Gasteiger partial charge >= 0.3 is 0 Å². The van der Waals surface area contributed by atoms with Gasteiger partial charge in [0.1, 0.15) is 0 Å². The zero-order chi connectivity index (χ0) is 14.1. The van der Waals surface area contributed by atoms with Crippen LogP contribution in [-0.2, 0) is 0 Å². The Hall–Kier alpha value is -2.48. The molecule has 0 radical (unpaired) electrons. The average molecular weight is 264 g/mol. The Bertz CT molecular complexity index is 803. The second-order valence-electron chi connectivity index (χ2n) is 4.61. The molecule has 0 aromatic heterocycles. The molecule has 0 aliphatic rings. The molecule has 0 aliphatic carbocycles. The first-order chi connectivity index (χ1) is 9.80. The molecular formula is C18H16O2. The first-order valence-electron chi connectivity index (χ1n) is 6.49. The van der Waals surface area contributed by atoms with E-state index in [-0.39, 0.29) is 0 Å². The third-order valence-electron chi connectivity index (χ3n) is 3.64. The fourth-order valence-electron chi connectivity index (χ4n) is 2.70. The van der Waals surface area contributed by atoms with Crippen LogP contribution in [0.15, 0.2) is 49.0 Å². The van der Waals surface area contributed by atoms with Gasteiger partial charge in [0.15, 0.2) is 11.5 Å². The van der Waals surface area contributed by atoms with Gasteiger partial charge in [0.2, 0.25) is 0 Å². The van der Waals surface area contributed by atoms with E-state index in [9.17, 15) is 0 Å². The summed E-state index contributed by atoms with van der Waals surface area (Å²) in [5, 5.41) is 4.53. The first-order valence-corrected chi connectivity index (χ1v) is 6.49. The van der Waals surface area contributed by atoms with Crippen molar-refractivity contribution in [1.29, 1.82) is 0 Å². The molecule has 0 saturated heterocycles. The highest BCUT2D eigenvalue weighted by molar-refractivity contribution is 6.13. The van der Waals surface area contributed by atoms with E-state index in [0.717, 1.165) is 33.2 Å². The maximum Gasteiger partial charge on any atom is 0.169 e. The highest BCUT2D eigenvalue weighted by Gasteiger charge is 2.12. The third kappa shape index (κ3) is 1.73. The summed E-state index contributed by atoms with van der Waals surface area (Å²) >= 11 is 0. The summed E-state index contributed by atoms with van der Waals surface area (Å²) in [6, 6.07) is 14.4. The smallest absolute Gasteiger partial charge is 0.169 e. The molecule has 0 aliphatic heterocycles. The van der Waals surface area contributed by atoms with Crippen LogP contribution in [0.4, 0.5) is 0 Å². The Morgan fingerprint density at radius 1 is 0.900 bits per heavy atom. The monoisotopic (exact) mass is 264 g/mol. The Morgan fingerprint density at radius 2 is 1.70 bits per heavy atom. The molecule has 0 bridgehead atoms. The minimum atomic E-state index is 0.747. The summed E-state index contributed by atoms with van der Waals surface area (Å²) in [6.45, 7) is 3.88. The Kier molecular flexibility index (Phi) is 3.07. The molecule has 0 N–H and O–H groups in total. The van der Waals surface area contributed by atoms with Gasteiger partial charge in [-0.3, -0.25) is 0 Å². The number of fused-ring (bicyclic) bond motifs is 3. The van der Waals surface area contributed by atoms with Crippen molar-refractivity contribution in [2.24, 2.45) is 0 Å². The van der Waals surface area contributed by atoms with Crippen LogP contribution in [0.5, 0.6) is 11.5 Å². The molecule has 0 amide bonds. The molecule has 20 heavy (non-hydrogen) atoms. The minimum absolute atomic E-state index is 0.747. The van der Waals surface area contributed by atoms with Gasteiger partial charge in [-0.15, -0.1) is 0 Å². The van der Waals surface area contributed by atoms with Gasteiger partial charge < -0.3 is 9.47 Å². The van der Waals surface area contributed by atoms with E-state index in [0.29, 0.717) is 0 Å². The van der Waals surface area contributed by atoms with Gasteiger partial charge in [-0.1, -0.05) is 49.1 Å². The minimum Gasteiger partial charge on any atom is -0.493 e. The molecule has 0 spiro atoms. The Morgan fingerprint density at radius 3 is 2.40 bits per heavy atom. The van der Waals surface area contributed by atoms with Crippen LogP contribution in [-0.4, -0.2) is 14.2 Å². The molecule has 0 atom stereocenters. The van der Waals surface area contributed by atoms with Crippen LogP contribution in [0.3, 0.4) is 0 Å². The Labute approximate surface area is 118 Å². The fourth-order valence-corrected chi connectivity index (χ4v) is 2.70. The van der Waals surface area contributed by atoms with E-state index in [1.54, 1.807) is 14.2 Å². The largest absolute Gasteiger partial charge is 0.493 e. The van der Waals surface area contributed by atoms with E-state index in [1.807, 2.05) is 18.2 Å². The van der Waals surface area contributed by atoms with Gasteiger partial charge in [-0.05, 0) is 27.8 Å². The van der Waals surface area contributed by atoms with Crippen LogP contribution in [0.1, 0.15) is 5.56 Å². The van der Waals surface area contributed by atoms with Gasteiger partial charge in [0.25, 0.3) is 0 Å². The van der Waals surface area contributed by atoms with Gasteiger partial charge in [0, 0.05) is 5.39 Å². The number of methoxy groups -OCH3 is 2. The second kappa shape index (κ2) is 4.89. The highest BCUT2D eigenvalue weighted by Crippen LogP contribution is 2.40. The highest BCUT2D eigenvalue weighted by atomic mass is 16.5. The molecule has 2 heteroatoms. The predicted molar refractivity (Wildman–Crippen MR) is 84.6 cm³/mol. The normalized spacial score (nSPS) is 10.7. The summed E-state index contributed by atoms with van der Waals surface area (Å²) in [4.78, 5) is 0. The number of ether oxygens (including phenoxy) is 2. The lowest BCUT2D eigenvalue weighted by Crippen LogP contribution is -1.92. The van der Waals surface area contributed by atoms with E-state index in [4.69, 9.17) is 9.47 Å². The summed E-state index contributed by atoms with van der Waals surface area (Å²) in [5.74, 6) is 1.52. The van der Waals surface area contributed by atoms with Crippen molar-refractivity contribution in [2.75, 3.05) is 14.2 Å². The fraction of sp³-hybridized carbons (Fsp3) is 0.111. The van der Waals surface area contributed by atoms with E-state index < -0.39 is 0 Å². The van der Waals surface area contributed by atoms with Crippen molar-refractivity contribution in [1.82, 2.24) is 0 Å². The molecule has 100 valence electrons. The van der Waals surface area contributed by atoms with Crippen LogP contribution in [0.25, 0.3) is 27.6 Å². The van der Waals surface area contributed by atoms with Gasteiger partial charge in [0.05, 0.1) is 14.2 Å². The number of benzene rings is 3. The van der Waals surface area contributed by atoms with Crippen molar-refractivity contribution in [3.8, 4) is 11.5 Å². The van der Waals surface area contributed by atoms with Gasteiger partial charge in [-0.2, -0.15) is 0 Å². The lowest BCUT2D eigenvalue weighted by Gasteiger charge is -2.13. The maximum atomic E-state index is 5.58. The van der Waals surface area contributed by atoms with Crippen LogP contribution >= 0.6 is 0 Å². The molecule has 3 rings (SSSR count). The van der Waals surface area contributed by atoms with Crippen molar-refractivity contribution in [2.45, 2.75) is 0 Å². The summed E-state index contributed by atoms with van der Waals surface area (Å²) in [7, 11) is 3.33. The van der Waals surface area contributed by atoms with E-state index in [1.165, 1.54) is 5.39 Å². The topological polar surface area (TPSA) is 18.5 Å². The summed E-state index contributed by atoms with van der Waals surface area (Å²) in [6.07, 6.45) is 1.88. The van der Waals surface area contributed by atoms with Crippen LogP contribution in [0, 0.1) is 0 Å². The first kappa shape index (κ1) is 12.5. The number of rotatable bonds is 3. The molecule has 3 aromatic carbocycles. The molecule has 2 nitrogen and oxygen atoms in total. The number of hydrogen-bond acceptors (Lipinski definition) is 2. The molecule has 0 heterocycles. The van der Waals surface area contributed by atoms with E-state index >= 15 is 0 Å². The molecule has 3 aromatic rings. The summed E-state index contributed by atoms with van der Waals surface area (Å²) in [5.41, 5.74) is 1.12. The van der Waals surface area contributed by atoms with Crippen LogP contribution < -0.4 is 9.47 Å². The van der Waals surface area contributed by atoms with Crippen molar-refractivity contribution in [3.05, 3.63) is 54.6 Å². The van der Waals surface area contributed by atoms with Gasteiger partial charge in [-0.25, -0.2) is 0 Å². The number of hydrogen-bond donors (Lipinski definition) is 0. The maximum absolute atomic E-state index is 5.58. The zero-order valence-corrected chi connectivity index (χ0v) is 11.6. The second-order valence-corrected chi connectivity index (χ2v) is 4.61. The lowest BCUT2D eigenvalue weighted by molar-refractivity contribution is 0.359. The lowest BCUT2D eigenvalue weighted by atomic mass is 9.97. The zero-order valence-electron chi connectivity index (χ0n) is 11.6. The molecule has 0 fully saturated rings. The van der Waals surface area contributed by atoms with Crippen molar-refractivity contribution < 1.29 is 9.47 Å².